The third-order valence-electron chi connectivity index (χ3n) is 3.35. The molecule has 0 spiro atoms. The summed E-state index contributed by atoms with van der Waals surface area (Å²) in [6, 6.07) is 6.34. The molecular weight excluding hydrogens is 272 g/mol. The van der Waals surface area contributed by atoms with E-state index in [9.17, 15) is 9.59 Å². The number of benzene rings is 1. The molecule has 1 fully saturated rings. The standard InChI is InChI=1S/C15H20N2O4/c1-10-8-17(9-11(2)21-10)15(20)16-7-12-3-5-13(6-4-12)14(18)19/h3-6,10-11H,7-9H2,1-2H3,(H,16,20)(H,18,19). The lowest BCUT2D eigenvalue weighted by Crippen LogP contribution is -2.51. The van der Waals surface area contributed by atoms with Crippen LogP contribution in [-0.2, 0) is 11.3 Å². The molecule has 0 aromatic heterocycles. The highest BCUT2D eigenvalue weighted by atomic mass is 16.5. The van der Waals surface area contributed by atoms with E-state index in [1.807, 2.05) is 13.8 Å². The van der Waals surface area contributed by atoms with Crippen molar-refractivity contribution < 1.29 is 19.4 Å². The topological polar surface area (TPSA) is 78.9 Å². The van der Waals surface area contributed by atoms with Crippen molar-refractivity contribution in [3.63, 3.8) is 0 Å². The van der Waals surface area contributed by atoms with Crippen LogP contribution in [0.15, 0.2) is 24.3 Å². The zero-order valence-corrected chi connectivity index (χ0v) is 12.2. The van der Waals surface area contributed by atoms with Crippen LogP contribution < -0.4 is 5.32 Å². The van der Waals surface area contributed by atoms with Gasteiger partial charge in [-0.2, -0.15) is 0 Å². The predicted molar refractivity (Wildman–Crippen MR) is 77.2 cm³/mol. The van der Waals surface area contributed by atoms with Gasteiger partial charge in [0.2, 0.25) is 0 Å². The number of hydrogen-bond acceptors (Lipinski definition) is 3. The highest BCUT2D eigenvalue weighted by molar-refractivity contribution is 5.87. The fraction of sp³-hybridized carbons (Fsp3) is 0.467. The molecule has 0 aliphatic carbocycles. The van der Waals surface area contributed by atoms with Crippen LogP contribution in [0.2, 0.25) is 0 Å². The number of aromatic carboxylic acids is 1. The van der Waals surface area contributed by atoms with Gasteiger partial charge in [-0.05, 0) is 31.5 Å². The van der Waals surface area contributed by atoms with E-state index >= 15 is 0 Å². The largest absolute Gasteiger partial charge is 0.478 e. The third kappa shape index (κ3) is 4.19. The summed E-state index contributed by atoms with van der Waals surface area (Å²) in [5.41, 5.74) is 1.10. The maximum atomic E-state index is 12.1. The number of carboxylic acids is 1. The van der Waals surface area contributed by atoms with Crippen molar-refractivity contribution in [2.45, 2.75) is 32.6 Å². The molecule has 2 amide bonds. The Morgan fingerprint density at radius 2 is 1.81 bits per heavy atom. The van der Waals surface area contributed by atoms with Crippen LogP contribution in [0.4, 0.5) is 4.79 Å². The van der Waals surface area contributed by atoms with Crippen LogP contribution >= 0.6 is 0 Å². The average molecular weight is 292 g/mol. The van der Waals surface area contributed by atoms with Gasteiger partial charge in [0.15, 0.2) is 0 Å². The van der Waals surface area contributed by atoms with Gasteiger partial charge in [-0.15, -0.1) is 0 Å². The molecule has 1 aliphatic rings. The van der Waals surface area contributed by atoms with E-state index in [2.05, 4.69) is 5.32 Å². The molecular formula is C15H20N2O4. The van der Waals surface area contributed by atoms with Crippen molar-refractivity contribution in [2.24, 2.45) is 0 Å². The number of carboxylic acid groups (broad SMARTS) is 1. The van der Waals surface area contributed by atoms with Crippen LogP contribution in [0, 0.1) is 0 Å². The van der Waals surface area contributed by atoms with E-state index in [0.717, 1.165) is 5.56 Å². The second-order valence-corrected chi connectivity index (χ2v) is 5.32. The predicted octanol–water partition coefficient (Wildman–Crippen LogP) is 1.70. The van der Waals surface area contributed by atoms with Crippen LogP contribution in [0.3, 0.4) is 0 Å². The van der Waals surface area contributed by atoms with Crippen molar-refractivity contribution in [1.29, 1.82) is 0 Å². The lowest BCUT2D eigenvalue weighted by Gasteiger charge is -2.35. The molecule has 2 unspecified atom stereocenters. The van der Waals surface area contributed by atoms with Gasteiger partial charge in [-0.1, -0.05) is 12.1 Å². The lowest BCUT2D eigenvalue weighted by molar-refractivity contribution is -0.0545. The summed E-state index contributed by atoms with van der Waals surface area (Å²) in [5.74, 6) is -0.957. The Bertz CT molecular complexity index is 505. The molecule has 0 saturated carbocycles. The summed E-state index contributed by atoms with van der Waals surface area (Å²) in [5, 5.41) is 11.7. The van der Waals surface area contributed by atoms with Gasteiger partial charge in [-0.25, -0.2) is 9.59 Å². The number of nitrogens with one attached hydrogen (secondary N) is 1. The normalized spacial score (nSPS) is 21.9. The number of nitrogens with zero attached hydrogens (tertiary/aromatic N) is 1. The van der Waals surface area contributed by atoms with E-state index in [1.54, 1.807) is 17.0 Å². The maximum absolute atomic E-state index is 12.1. The minimum Gasteiger partial charge on any atom is -0.478 e. The number of carbonyl (C=O) groups is 2. The van der Waals surface area contributed by atoms with Crippen molar-refractivity contribution in [2.75, 3.05) is 13.1 Å². The Hall–Kier alpha value is -2.08. The number of morpholine rings is 1. The average Bonchev–Trinajstić information content (AvgIpc) is 2.44. The van der Waals surface area contributed by atoms with Gasteiger partial charge in [0.05, 0.1) is 17.8 Å². The van der Waals surface area contributed by atoms with E-state index < -0.39 is 5.97 Å². The molecule has 1 aromatic carbocycles. The molecule has 0 radical (unpaired) electrons. The number of carbonyl (C=O) groups excluding carboxylic acids is 1. The summed E-state index contributed by atoms with van der Waals surface area (Å²) in [7, 11) is 0. The monoisotopic (exact) mass is 292 g/mol. The molecule has 2 atom stereocenters. The van der Waals surface area contributed by atoms with Crippen molar-refractivity contribution in [1.82, 2.24) is 10.2 Å². The summed E-state index contributed by atoms with van der Waals surface area (Å²) in [4.78, 5) is 24.6. The molecule has 1 aromatic rings. The number of rotatable bonds is 3. The maximum Gasteiger partial charge on any atom is 0.335 e. The van der Waals surface area contributed by atoms with Gasteiger partial charge in [0, 0.05) is 19.6 Å². The second-order valence-electron chi connectivity index (χ2n) is 5.32. The molecule has 114 valence electrons. The Morgan fingerprint density at radius 3 is 2.33 bits per heavy atom. The molecule has 6 nitrogen and oxygen atoms in total. The molecule has 2 rings (SSSR count). The highest BCUT2D eigenvalue weighted by Crippen LogP contribution is 2.11. The van der Waals surface area contributed by atoms with Gasteiger partial charge < -0.3 is 20.1 Å². The first-order chi connectivity index (χ1) is 9.95. The van der Waals surface area contributed by atoms with Crippen LogP contribution in [-0.4, -0.2) is 47.3 Å². The van der Waals surface area contributed by atoms with Gasteiger partial charge in [0.1, 0.15) is 0 Å². The molecule has 6 heteroatoms. The first-order valence-electron chi connectivity index (χ1n) is 6.96. The van der Waals surface area contributed by atoms with E-state index in [0.29, 0.717) is 19.6 Å². The minimum atomic E-state index is -0.957. The number of amides is 2. The zero-order chi connectivity index (χ0) is 15.4. The Balaban J connectivity index is 1.87. The van der Waals surface area contributed by atoms with E-state index in [1.165, 1.54) is 12.1 Å². The Morgan fingerprint density at radius 1 is 1.24 bits per heavy atom. The summed E-state index contributed by atoms with van der Waals surface area (Å²) >= 11 is 0. The fourth-order valence-electron chi connectivity index (χ4n) is 2.40. The van der Waals surface area contributed by atoms with Crippen molar-refractivity contribution >= 4 is 12.0 Å². The zero-order valence-electron chi connectivity index (χ0n) is 12.2. The smallest absolute Gasteiger partial charge is 0.335 e. The molecule has 1 heterocycles. The van der Waals surface area contributed by atoms with Crippen LogP contribution in [0.5, 0.6) is 0 Å². The quantitative estimate of drug-likeness (QED) is 0.889. The molecule has 1 saturated heterocycles. The highest BCUT2D eigenvalue weighted by Gasteiger charge is 2.25. The fourth-order valence-corrected chi connectivity index (χ4v) is 2.40. The molecule has 2 N–H and O–H groups in total. The summed E-state index contributed by atoms with van der Waals surface area (Å²) < 4.78 is 5.59. The van der Waals surface area contributed by atoms with Gasteiger partial charge in [-0.3, -0.25) is 0 Å². The third-order valence-corrected chi connectivity index (χ3v) is 3.35. The number of ether oxygens (including phenoxy) is 1. The number of urea groups is 1. The summed E-state index contributed by atoms with van der Waals surface area (Å²) in [6.45, 7) is 5.42. The minimum absolute atomic E-state index is 0.0364. The second kappa shape index (κ2) is 6.58. The SMILES string of the molecule is CC1CN(C(=O)NCc2ccc(C(=O)O)cc2)CC(C)O1. The summed E-state index contributed by atoms with van der Waals surface area (Å²) in [6.07, 6.45) is 0.0729. The van der Waals surface area contributed by atoms with Gasteiger partial charge >= 0.3 is 12.0 Å². The van der Waals surface area contributed by atoms with Crippen molar-refractivity contribution in [3.8, 4) is 0 Å². The first kappa shape index (κ1) is 15.3. The first-order valence-corrected chi connectivity index (χ1v) is 6.96. The van der Waals surface area contributed by atoms with Crippen LogP contribution in [0.25, 0.3) is 0 Å². The van der Waals surface area contributed by atoms with Crippen molar-refractivity contribution in [3.05, 3.63) is 35.4 Å². The molecule has 21 heavy (non-hydrogen) atoms. The van der Waals surface area contributed by atoms with Crippen LogP contribution in [0.1, 0.15) is 29.8 Å². The van der Waals surface area contributed by atoms with Gasteiger partial charge in [0.25, 0.3) is 0 Å². The molecule has 0 bridgehead atoms. The lowest BCUT2D eigenvalue weighted by atomic mass is 10.1. The van der Waals surface area contributed by atoms with E-state index in [4.69, 9.17) is 9.84 Å². The Kier molecular flexibility index (Phi) is 4.80. The number of hydrogen-bond donors (Lipinski definition) is 2. The van der Waals surface area contributed by atoms with E-state index in [-0.39, 0.29) is 23.8 Å². The Labute approximate surface area is 123 Å². The molecule has 1 aliphatic heterocycles.